The lowest BCUT2D eigenvalue weighted by Crippen LogP contribution is -2.19. The molecule has 4 rings (SSSR count). The third-order valence-corrected chi connectivity index (χ3v) is 4.37. The van der Waals surface area contributed by atoms with Crippen molar-refractivity contribution in [2.24, 2.45) is 0 Å². The highest BCUT2D eigenvalue weighted by Gasteiger charge is 2.06. The van der Waals surface area contributed by atoms with Crippen LogP contribution in [0.3, 0.4) is 0 Å². The quantitative estimate of drug-likeness (QED) is 0.451. The first kappa shape index (κ1) is 20.0. The van der Waals surface area contributed by atoms with Crippen LogP contribution in [0.25, 0.3) is 11.8 Å². The average molecular weight is 414 g/mol. The largest absolute Gasteiger partial charge is 0.453 e. The van der Waals surface area contributed by atoms with E-state index in [1.165, 1.54) is 24.4 Å². The van der Waals surface area contributed by atoms with Gasteiger partial charge in [-0.05, 0) is 48.0 Å². The number of ether oxygens (including phenoxy) is 1. The van der Waals surface area contributed by atoms with Gasteiger partial charge in [-0.2, -0.15) is 5.10 Å². The van der Waals surface area contributed by atoms with Crippen molar-refractivity contribution in [2.45, 2.75) is 6.54 Å². The second-order valence-electron chi connectivity index (χ2n) is 6.66. The number of hydrogen-bond acceptors (Lipinski definition) is 4. The van der Waals surface area contributed by atoms with E-state index in [-0.39, 0.29) is 11.7 Å². The molecule has 1 N–H and O–H groups in total. The molecule has 0 saturated carbocycles. The molecule has 0 spiro atoms. The van der Waals surface area contributed by atoms with Gasteiger partial charge in [-0.15, -0.1) is 0 Å². The molecule has 0 unspecified atom stereocenters. The standard InChI is InChI=1S/C24H19FN4O2/c25-22-13-18(8-10-23(22)31-21-7-4-12-26-16-21)9-11-24(30)27-14-19-15-28-29(17-19)20-5-2-1-3-6-20/h1-13,15-17H,14H2,(H,27,30)/b11-9+. The molecule has 2 heterocycles. The van der Waals surface area contributed by atoms with Gasteiger partial charge in [-0.1, -0.05) is 24.3 Å². The van der Waals surface area contributed by atoms with E-state index in [1.807, 2.05) is 36.5 Å². The molecule has 4 aromatic rings. The van der Waals surface area contributed by atoms with Crippen LogP contribution in [0.4, 0.5) is 4.39 Å². The number of pyridine rings is 1. The van der Waals surface area contributed by atoms with Crippen LogP contribution in [0.15, 0.2) is 91.5 Å². The van der Waals surface area contributed by atoms with Gasteiger partial charge in [0.1, 0.15) is 5.75 Å². The SMILES string of the molecule is O=C(/C=C/c1ccc(Oc2cccnc2)c(F)c1)NCc1cnn(-c2ccccc2)c1. The summed E-state index contributed by atoms with van der Waals surface area (Å²) in [6.45, 7) is 0.336. The van der Waals surface area contributed by atoms with E-state index in [0.29, 0.717) is 17.9 Å². The number of amides is 1. The van der Waals surface area contributed by atoms with E-state index in [1.54, 1.807) is 41.4 Å². The molecule has 0 fully saturated rings. The summed E-state index contributed by atoms with van der Waals surface area (Å²) in [5.41, 5.74) is 2.36. The molecule has 0 aliphatic carbocycles. The molecule has 1 amide bonds. The number of nitrogens with zero attached hydrogens (tertiary/aromatic N) is 3. The number of hydrogen-bond donors (Lipinski definition) is 1. The Hall–Kier alpha value is -4.26. The summed E-state index contributed by atoms with van der Waals surface area (Å²) in [6, 6.07) is 17.6. The van der Waals surface area contributed by atoms with Crippen molar-refractivity contribution in [3.8, 4) is 17.2 Å². The predicted octanol–water partition coefficient (Wildman–Crippen LogP) is 4.53. The Morgan fingerprint density at radius 1 is 1.10 bits per heavy atom. The van der Waals surface area contributed by atoms with E-state index in [4.69, 9.17) is 4.74 Å². The number of benzene rings is 2. The maximum atomic E-state index is 14.3. The normalized spacial score (nSPS) is 10.9. The zero-order valence-corrected chi connectivity index (χ0v) is 16.5. The van der Waals surface area contributed by atoms with E-state index in [0.717, 1.165) is 11.3 Å². The zero-order valence-electron chi connectivity index (χ0n) is 16.5. The van der Waals surface area contributed by atoms with Crippen LogP contribution in [0.2, 0.25) is 0 Å². The van der Waals surface area contributed by atoms with Crippen LogP contribution in [0.5, 0.6) is 11.5 Å². The maximum absolute atomic E-state index is 14.3. The van der Waals surface area contributed by atoms with Gasteiger partial charge < -0.3 is 10.1 Å². The van der Waals surface area contributed by atoms with Crippen molar-refractivity contribution in [1.82, 2.24) is 20.1 Å². The molecule has 0 aliphatic rings. The molecule has 31 heavy (non-hydrogen) atoms. The highest BCUT2D eigenvalue weighted by molar-refractivity contribution is 5.91. The van der Waals surface area contributed by atoms with Crippen LogP contribution in [0.1, 0.15) is 11.1 Å². The summed E-state index contributed by atoms with van der Waals surface area (Å²) < 4.78 is 21.5. The highest BCUT2D eigenvalue weighted by Crippen LogP contribution is 2.24. The maximum Gasteiger partial charge on any atom is 0.244 e. The minimum absolute atomic E-state index is 0.0880. The Labute approximate surface area is 178 Å². The van der Waals surface area contributed by atoms with E-state index in [9.17, 15) is 9.18 Å². The zero-order chi connectivity index (χ0) is 21.5. The number of aromatic nitrogens is 3. The van der Waals surface area contributed by atoms with Crippen molar-refractivity contribution < 1.29 is 13.9 Å². The first-order valence-electron chi connectivity index (χ1n) is 9.60. The second kappa shape index (κ2) is 9.49. The number of carbonyl (C=O) groups excluding carboxylic acids is 1. The van der Waals surface area contributed by atoms with Gasteiger partial charge in [0.2, 0.25) is 5.91 Å². The Balaban J connectivity index is 1.32. The molecule has 2 aromatic heterocycles. The molecular formula is C24H19FN4O2. The van der Waals surface area contributed by atoms with Gasteiger partial charge in [0, 0.05) is 30.6 Å². The lowest BCUT2D eigenvalue weighted by Gasteiger charge is -2.06. The van der Waals surface area contributed by atoms with Gasteiger partial charge in [0.15, 0.2) is 11.6 Å². The molecule has 2 aromatic carbocycles. The van der Waals surface area contributed by atoms with Gasteiger partial charge >= 0.3 is 0 Å². The van der Waals surface area contributed by atoms with Crippen molar-refractivity contribution in [1.29, 1.82) is 0 Å². The fourth-order valence-corrected chi connectivity index (χ4v) is 2.83. The highest BCUT2D eigenvalue weighted by atomic mass is 19.1. The van der Waals surface area contributed by atoms with Crippen LogP contribution in [0, 0.1) is 5.82 Å². The van der Waals surface area contributed by atoms with Gasteiger partial charge in [-0.25, -0.2) is 9.07 Å². The molecule has 0 saturated heterocycles. The average Bonchev–Trinajstić information content (AvgIpc) is 3.28. The van der Waals surface area contributed by atoms with Crippen LogP contribution < -0.4 is 10.1 Å². The summed E-state index contributed by atoms with van der Waals surface area (Å²) in [6.07, 6.45) is 9.57. The van der Waals surface area contributed by atoms with Crippen molar-refractivity contribution in [3.05, 3.63) is 108 Å². The van der Waals surface area contributed by atoms with Crippen LogP contribution >= 0.6 is 0 Å². The lowest BCUT2D eigenvalue weighted by molar-refractivity contribution is -0.116. The molecule has 0 radical (unpaired) electrons. The predicted molar refractivity (Wildman–Crippen MR) is 115 cm³/mol. The smallest absolute Gasteiger partial charge is 0.244 e. The van der Waals surface area contributed by atoms with Crippen LogP contribution in [-0.2, 0) is 11.3 Å². The van der Waals surface area contributed by atoms with Gasteiger partial charge in [-0.3, -0.25) is 9.78 Å². The fraction of sp³-hybridized carbons (Fsp3) is 0.0417. The van der Waals surface area contributed by atoms with Crippen molar-refractivity contribution in [2.75, 3.05) is 0 Å². The van der Waals surface area contributed by atoms with E-state index >= 15 is 0 Å². The number of carbonyl (C=O) groups is 1. The first-order valence-corrected chi connectivity index (χ1v) is 9.60. The summed E-state index contributed by atoms with van der Waals surface area (Å²) in [5.74, 6) is -0.284. The van der Waals surface area contributed by atoms with E-state index in [2.05, 4.69) is 15.4 Å². The third kappa shape index (κ3) is 5.42. The molecular weight excluding hydrogens is 395 g/mol. The molecule has 0 aliphatic heterocycles. The molecule has 6 nitrogen and oxygen atoms in total. The fourth-order valence-electron chi connectivity index (χ4n) is 2.83. The van der Waals surface area contributed by atoms with Crippen molar-refractivity contribution in [3.63, 3.8) is 0 Å². The molecule has 0 atom stereocenters. The third-order valence-electron chi connectivity index (χ3n) is 4.37. The summed E-state index contributed by atoms with van der Waals surface area (Å²) >= 11 is 0. The Morgan fingerprint density at radius 2 is 1.97 bits per heavy atom. The molecule has 0 bridgehead atoms. The van der Waals surface area contributed by atoms with E-state index < -0.39 is 5.82 Å². The van der Waals surface area contributed by atoms with Crippen molar-refractivity contribution >= 4 is 12.0 Å². The summed E-state index contributed by atoms with van der Waals surface area (Å²) in [4.78, 5) is 16.0. The molecule has 154 valence electrons. The number of nitrogens with one attached hydrogen (secondary N) is 1. The first-order chi connectivity index (χ1) is 15.2. The minimum Gasteiger partial charge on any atom is -0.453 e. The number of halogens is 1. The number of para-hydroxylation sites is 1. The Kier molecular flexibility index (Phi) is 6.13. The number of rotatable bonds is 7. The Bertz CT molecular complexity index is 1190. The summed E-state index contributed by atoms with van der Waals surface area (Å²) in [7, 11) is 0. The second-order valence-corrected chi connectivity index (χ2v) is 6.66. The summed E-state index contributed by atoms with van der Waals surface area (Å²) in [5, 5.41) is 7.08. The van der Waals surface area contributed by atoms with Gasteiger partial charge in [0.25, 0.3) is 0 Å². The monoisotopic (exact) mass is 414 g/mol. The Morgan fingerprint density at radius 3 is 2.74 bits per heavy atom. The lowest BCUT2D eigenvalue weighted by atomic mass is 10.2. The topological polar surface area (TPSA) is 69.0 Å². The van der Waals surface area contributed by atoms with Crippen LogP contribution in [-0.4, -0.2) is 20.7 Å². The minimum atomic E-state index is -0.528. The van der Waals surface area contributed by atoms with Gasteiger partial charge in [0.05, 0.1) is 18.1 Å². The molecule has 7 heteroatoms.